The molecule has 1 atom stereocenters. The number of aliphatic hydroxyl groups is 1. The zero-order chi connectivity index (χ0) is 7.40. The molecule has 0 saturated heterocycles. The molecule has 54 valence electrons. The van der Waals surface area contributed by atoms with Crippen LogP contribution in [0.5, 0.6) is 0 Å². The van der Waals surface area contributed by atoms with Crippen LogP contribution in [0.2, 0.25) is 0 Å². The third kappa shape index (κ3) is 1.70. The van der Waals surface area contributed by atoms with Crippen LogP contribution in [0.1, 0.15) is 6.42 Å². The van der Waals surface area contributed by atoms with Crippen LogP contribution in [0.4, 0.5) is 0 Å². The van der Waals surface area contributed by atoms with Gasteiger partial charge in [-0.2, -0.15) is 0 Å². The molecule has 0 aromatic rings. The summed E-state index contributed by atoms with van der Waals surface area (Å²) in [6.07, 6.45) is 5.91. The molecule has 0 saturated carbocycles. The van der Waals surface area contributed by atoms with E-state index in [0.29, 0.717) is 12.8 Å². The molecule has 0 heterocycles. The van der Waals surface area contributed by atoms with Crippen LogP contribution >= 0.6 is 0 Å². The van der Waals surface area contributed by atoms with E-state index in [2.05, 4.69) is 5.32 Å². The summed E-state index contributed by atoms with van der Waals surface area (Å²) < 4.78 is 0. The maximum atomic E-state index is 9.91. The van der Waals surface area contributed by atoms with Gasteiger partial charge in [0.05, 0.1) is 6.10 Å². The second-order valence-electron chi connectivity index (χ2n) is 2.08. The van der Waals surface area contributed by atoms with Gasteiger partial charge in [0.1, 0.15) is 0 Å². The molecule has 1 unspecified atom stereocenters. The number of hydrogen-bond donors (Lipinski definition) is 2. The lowest BCUT2D eigenvalue weighted by Crippen LogP contribution is -2.13. The van der Waals surface area contributed by atoms with E-state index in [1.165, 1.54) is 0 Å². The monoisotopic (exact) mass is 139 g/mol. The van der Waals surface area contributed by atoms with Crippen molar-refractivity contribution in [2.24, 2.45) is 0 Å². The van der Waals surface area contributed by atoms with Crippen molar-refractivity contribution in [3.8, 4) is 0 Å². The molecular formula is C7H9NO2. The average molecular weight is 139 g/mol. The first-order valence-electron chi connectivity index (χ1n) is 3.09. The van der Waals surface area contributed by atoms with Crippen molar-refractivity contribution in [1.29, 1.82) is 0 Å². The lowest BCUT2D eigenvalue weighted by atomic mass is 10.1. The number of carbonyl (C=O) groups excluding carboxylic acids is 1. The maximum absolute atomic E-state index is 9.91. The van der Waals surface area contributed by atoms with Crippen LogP contribution in [-0.2, 0) is 4.79 Å². The van der Waals surface area contributed by atoms with Crippen molar-refractivity contribution >= 4 is 6.41 Å². The standard InChI is InChI=1S/C7H9NO2/c9-5-8-6-1-3-7(10)4-2-6/h1-3,5,7,10H,4H2,(H,8,9). The zero-order valence-electron chi connectivity index (χ0n) is 5.45. The molecule has 10 heavy (non-hydrogen) atoms. The lowest BCUT2D eigenvalue weighted by Gasteiger charge is -2.08. The lowest BCUT2D eigenvalue weighted by molar-refractivity contribution is -0.108. The minimum atomic E-state index is -0.391. The van der Waals surface area contributed by atoms with Crippen LogP contribution in [0.3, 0.4) is 0 Å². The second-order valence-corrected chi connectivity index (χ2v) is 2.08. The summed E-state index contributed by atoms with van der Waals surface area (Å²) in [5, 5.41) is 11.4. The molecule has 0 spiro atoms. The van der Waals surface area contributed by atoms with Crippen molar-refractivity contribution in [1.82, 2.24) is 5.32 Å². The molecule has 1 aliphatic carbocycles. The van der Waals surface area contributed by atoms with Gasteiger partial charge in [0.15, 0.2) is 0 Å². The Labute approximate surface area is 59.0 Å². The van der Waals surface area contributed by atoms with Crippen molar-refractivity contribution in [2.45, 2.75) is 12.5 Å². The second kappa shape index (κ2) is 3.17. The minimum Gasteiger partial charge on any atom is -0.389 e. The van der Waals surface area contributed by atoms with E-state index in [1.807, 2.05) is 0 Å². The van der Waals surface area contributed by atoms with Gasteiger partial charge in [-0.3, -0.25) is 4.79 Å². The molecule has 0 aromatic carbocycles. The van der Waals surface area contributed by atoms with E-state index in [9.17, 15) is 4.79 Å². The highest BCUT2D eigenvalue weighted by Gasteiger charge is 2.02. The molecule has 2 N–H and O–H groups in total. The Hall–Kier alpha value is -1.09. The highest BCUT2D eigenvalue weighted by Crippen LogP contribution is 2.06. The van der Waals surface area contributed by atoms with E-state index in [4.69, 9.17) is 5.11 Å². The highest BCUT2D eigenvalue weighted by molar-refractivity contribution is 5.52. The minimum absolute atomic E-state index is 0.391. The number of rotatable bonds is 2. The van der Waals surface area contributed by atoms with Crippen LogP contribution in [-0.4, -0.2) is 17.6 Å². The van der Waals surface area contributed by atoms with E-state index >= 15 is 0 Å². The smallest absolute Gasteiger partial charge is 0.211 e. The fraction of sp³-hybridized carbons (Fsp3) is 0.286. The molecule has 0 aromatic heterocycles. The van der Waals surface area contributed by atoms with Gasteiger partial charge >= 0.3 is 0 Å². The number of allylic oxidation sites excluding steroid dienone is 1. The van der Waals surface area contributed by atoms with E-state index < -0.39 is 6.10 Å². The Kier molecular flexibility index (Phi) is 2.23. The topological polar surface area (TPSA) is 49.3 Å². The third-order valence-corrected chi connectivity index (χ3v) is 1.30. The summed E-state index contributed by atoms with van der Waals surface area (Å²) in [6.45, 7) is 0. The molecule has 1 amide bonds. The summed E-state index contributed by atoms with van der Waals surface area (Å²) in [4.78, 5) is 9.91. The van der Waals surface area contributed by atoms with Crippen molar-refractivity contribution in [2.75, 3.05) is 0 Å². The van der Waals surface area contributed by atoms with E-state index in [0.717, 1.165) is 5.70 Å². The molecule has 0 radical (unpaired) electrons. The van der Waals surface area contributed by atoms with Crippen LogP contribution in [0.25, 0.3) is 0 Å². The largest absolute Gasteiger partial charge is 0.389 e. The Balaban J connectivity index is 2.49. The van der Waals surface area contributed by atoms with Crippen LogP contribution in [0, 0.1) is 0 Å². The first-order chi connectivity index (χ1) is 4.83. The number of nitrogens with one attached hydrogen (secondary N) is 1. The Morgan fingerprint density at radius 1 is 1.80 bits per heavy atom. The predicted molar refractivity (Wildman–Crippen MR) is 37.0 cm³/mol. The molecule has 0 fully saturated rings. The molecule has 3 nitrogen and oxygen atoms in total. The predicted octanol–water partition coefficient (Wildman–Crippen LogP) is -0.0629. The molecule has 3 heteroatoms. The summed E-state index contributed by atoms with van der Waals surface area (Å²) >= 11 is 0. The zero-order valence-corrected chi connectivity index (χ0v) is 5.45. The molecule has 0 aliphatic heterocycles. The van der Waals surface area contributed by atoms with Gasteiger partial charge in [-0.25, -0.2) is 0 Å². The Morgan fingerprint density at radius 2 is 2.60 bits per heavy atom. The average Bonchev–Trinajstić information content (AvgIpc) is 1.95. The third-order valence-electron chi connectivity index (χ3n) is 1.30. The summed E-state index contributed by atoms with van der Waals surface area (Å²) in [6, 6.07) is 0. The summed E-state index contributed by atoms with van der Waals surface area (Å²) in [5.41, 5.74) is 0.750. The van der Waals surface area contributed by atoms with Crippen LogP contribution in [0.15, 0.2) is 23.9 Å². The van der Waals surface area contributed by atoms with E-state index in [1.54, 1.807) is 18.2 Å². The molecular weight excluding hydrogens is 130 g/mol. The number of hydrogen-bond acceptors (Lipinski definition) is 2. The highest BCUT2D eigenvalue weighted by atomic mass is 16.3. The molecule has 1 rings (SSSR count). The number of carbonyl (C=O) groups is 1. The quantitative estimate of drug-likeness (QED) is 0.526. The number of aliphatic hydroxyl groups excluding tert-OH is 1. The Bertz CT molecular complexity index is 184. The normalized spacial score (nSPS) is 23.7. The summed E-state index contributed by atoms with van der Waals surface area (Å²) in [7, 11) is 0. The maximum Gasteiger partial charge on any atom is 0.211 e. The first-order valence-corrected chi connectivity index (χ1v) is 3.09. The Morgan fingerprint density at radius 3 is 3.10 bits per heavy atom. The van der Waals surface area contributed by atoms with Gasteiger partial charge < -0.3 is 10.4 Å². The van der Waals surface area contributed by atoms with Crippen molar-refractivity contribution in [3.63, 3.8) is 0 Å². The van der Waals surface area contributed by atoms with Gasteiger partial charge in [-0.15, -0.1) is 0 Å². The fourth-order valence-corrected chi connectivity index (χ4v) is 0.784. The summed E-state index contributed by atoms with van der Waals surface area (Å²) in [5.74, 6) is 0. The van der Waals surface area contributed by atoms with Gasteiger partial charge in [-0.05, 0) is 12.5 Å². The van der Waals surface area contributed by atoms with Crippen molar-refractivity contribution in [3.05, 3.63) is 23.9 Å². The number of amides is 1. The van der Waals surface area contributed by atoms with Gasteiger partial charge in [0.25, 0.3) is 0 Å². The fourth-order valence-electron chi connectivity index (χ4n) is 0.784. The van der Waals surface area contributed by atoms with Crippen molar-refractivity contribution < 1.29 is 9.90 Å². The molecule has 1 aliphatic rings. The first kappa shape index (κ1) is 7.02. The molecule has 0 bridgehead atoms. The van der Waals surface area contributed by atoms with Gasteiger partial charge in [-0.1, -0.05) is 12.2 Å². The van der Waals surface area contributed by atoms with Gasteiger partial charge in [0.2, 0.25) is 6.41 Å². The van der Waals surface area contributed by atoms with Gasteiger partial charge in [0, 0.05) is 5.70 Å². The van der Waals surface area contributed by atoms with E-state index in [-0.39, 0.29) is 0 Å². The van der Waals surface area contributed by atoms with Crippen LogP contribution < -0.4 is 5.32 Å². The SMILES string of the molecule is O=CNC1=CCC(O)C=C1.